The summed E-state index contributed by atoms with van der Waals surface area (Å²) in [5.74, 6) is 0.420. The lowest BCUT2D eigenvalue weighted by Crippen LogP contribution is -2.25. The van der Waals surface area contributed by atoms with Crippen LogP contribution in [0.4, 0.5) is 13.2 Å². The molecule has 0 saturated carbocycles. The summed E-state index contributed by atoms with van der Waals surface area (Å²) in [7, 11) is 0. The summed E-state index contributed by atoms with van der Waals surface area (Å²) in [6.45, 7) is 5.86. The first-order chi connectivity index (χ1) is 7.85. The van der Waals surface area contributed by atoms with Crippen LogP contribution in [0.3, 0.4) is 0 Å². The molecule has 0 fully saturated rings. The monoisotopic (exact) mass is 251 g/mol. The number of nitrogens with one attached hydrogen (secondary N) is 1. The van der Waals surface area contributed by atoms with E-state index in [1.54, 1.807) is 0 Å². The molecule has 1 rings (SSSR count). The van der Waals surface area contributed by atoms with Gasteiger partial charge in [0.2, 0.25) is 0 Å². The van der Waals surface area contributed by atoms with Crippen molar-refractivity contribution in [2.24, 2.45) is 0 Å². The minimum Gasteiger partial charge on any atom is -0.308 e. The second-order valence-electron chi connectivity index (χ2n) is 3.93. The molecule has 0 aliphatic heterocycles. The van der Waals surface area contributed by atoms with Gasteiger partial charge in [-0.2, -0.15) is 13.2 Å². The van der Waals surface area contributed by atoms with Crippen molar-refractivity contribution in [3.05, 3.63) is 5.82 Å². The van der Waals surface area contributed by atoms with Crippen molar-refractivity contribution in [3.63, 3.8) is 0 Å². The Morgan fingerprint density at radius 1 is 1.35 bits per heavy atom. The lowest BCUT2D eigenvalue weighted by atomic mass is 10.2. The maximum absolute atomic E-state index is 12.3. The molecule has 1 heterocycles. The maximum Gasteiger partial charge on any atom is 0.391 e. The van der Waals surface area contributed by atoms with E-state index in [2.05, 4.69) is 20.8 Å². The molecule has 0 aliphatic carbocycles. The summed E-state index contributed by atoms with van der Waals surface area (Å²) in [6.07, 6.45) is -5.16. The Hall–Kier alpha value is -1.18. The van der Waals surface area contributed by atoms with Crippen molar-refractivity contribution in [1.82, 2.24) is 25.5 Å². The number of halogens is 3. The first-order valence-corrected chi connectivity index (χ1v) is 5.43. The van der Waals surface area contributed by atoms with Crippen LogP contribution in [0.1, 0.15) is 45.1 Å². The molecule has 0 spiro atoms. The zero-order valence-corrected chi connectivity index (χ0v) is 9.99. The summed E-state index contributed by atoms with van der Waals surface area (Å²) < 4.78 is 38.1. The Kier molecular flexibility index (Phi) is 4.44. The van der Waals surface area contributed by atoms with E-state index in [9.17, 15) is 13.2 Å². The Morgan fingerprint density at radius 3 is 2.53 bits per heavy atom. The Labute approximate surface area is 97.4 Å². The van der Waals surface area contributed by atoms with Crippen LogP contribution >= 0.6 is 0 Å². The van der Waals surface area contributed by atoms with Crippen molar-refractivity contribution in [2.75, 3.05) is 6.54 Å². The third-order valence-electron chi connectivity index (χ3n) is 2.36. The van der Waals surface area contributed by atoms with Gasteiger partial charge in [0.15, 0.2) is 5.82 Å². The molecular formula is C9H16F3N5. The van der Waals surface area contributed by atoms with Crippen molar-refractivity contribution in [3.8, 4) is 0 Å². The van der Waals surface area contributed by atoms with Crippen LogP contribution in [0.25, 0.3) is 0 Å². The summed E-state index contributed by atoms with van der Waals surface area (Å²) >= 11 is 0. The van der Waals surface area contributed by atoms with Gasteiger partial charge in [-0.25, -0.2) is 4.68 Å². The highest BCUT2D eigenvalue weighted by atomic mass is 19.4. The van der Waals surface area contributed by atoms with E-state index in [4.69, 9.17) is 0 Å². The lowest BCUT2D eigenvalue weighted by molar-refractivity contribution is -0.142. The minimum absolute atomic E-state index is 0.175. The number of alkyl halides is 3. The first-order valence-electron chi connectivity index (χ1n) is 5.43. The fourth-order valence-corrected chi connectivity index (χ4v) is 1.62. The van der Waals surface area contributed by atoms with E-state index in [0.717, 1.165) is 0 Å². The fourth-order valence-electron chi connectivity index (χ4n) is 1.62. The van der Waals surface area contributed by atoms with Crippen molar-refractivity contribution in [2.45, 2.75) is 45.5 Å². The normalized spacial score (nSPS) is 15.9. The Morgan fingerprint density at radius 2 is 2.00 bits per heavy atom. The van der Waals surface area contributed by atoms with Gasteiger partial charge in [-0.3, -0.25) is 0 Å². The molecule has 1 aromatic rings. The summed E-state index contributed by atoms with van der Waals surface area (Å²) in [6, 6.07) is -0.980. The smallest absolute Gasteiger partial charge is 0.308 e. The molecule has 2 unspecified atom stereocenters. The molecule has 2 atom stereocenters. The van der Waals surface area contributed by atoms with Crippen LogP contribution in [-0.2, 0) is 0 Å². The molecule has 17 heavy (non-hydrogen) atoms. The third kappa shape index (κ3) is 3.95. The predicted octanol–water partition coefficient (Wildman–Crippen LogP) is 1.86. The fraction of sp³-hybridized carbons (Fsp3) is 0.889. The van der Waals surface area contributed by atoms with Crippen LogP contribution in [0.15, 0.2) is 0 Å². The van der Waals surface area contributed by atoms with E-state index in [0.29, 0.717) is 12.4 Å². The molecule has 1 aromatic heterocycles. The van der Waals surface area contributed by atoms with Crippen LogP contribution in [0, 0.1) is 0 Å². The van der Waals surface area contributed by atoms with Crippen molar-refractivity contribution < 1.29 is 13.2 Å². The van der Waals surface area contributed by atoms with Gasteiger partial charge in [-0.15, -0.1) is 5.10 Å². The summed E-state index contributed by atoms with van der Waals surface area (Å²) in [5, 5.41) is 13.9. The lowest BCUT2D eigenvalue weighted by Gasteiger charge is -2.18. The topological polar surface area (TPSA) is 55.6 Å². The quantitative estimate of drug-likeness (QED) is 0.867. The van der Waals surface area contributed by atoms with Gasteiger partial charge in [0.25, 0.3) is 0 Å². The number of rotatable bonds is 5. The number of hydrogen-bond donors (Lipinski definition) is 1. The number of aromatic nitrogens is 4. The standard InChI is InChI=1S/C9H16F3N5/c1-4-13-7(3)8-14-15-16-17(8)6(2)5-9(10,11)12/h6-7,13H,4-5H2,1-3H3. The van der Waals surface area contributed by atoms with Crippen LogP contribution < -0.4 is 5.32 Å². The van der Waals surface area contributed by atoms with Gasteiger partial charge >= 0.3 is 6.18 Å². The van der Waals surface area contributed by atoms with E-state index in [1.165, 1.54) is 11.6 Å². The average molecular weight is 251 g/mol. The highest BCUT2D eigenvalue weighted by molar-refractivity contribution is 4.91. The minimum atomic E-state index is -4.22. The number of tetrazole rings is 1. The summed E-state index contributed by atoms with van der Waals surface area (Å²) in [4.78, 5) is 0. The van der Waals surface area contributed by atoms with Gasteiger partial charge in [0, 0.05) is 0 Å². The van der Waals surface area contributed by atoms with Crippen LogP contribution in [0.5, 0.6) is 0 Å². The highest BCUT2D eigenvalue weighted by Crippen LogP contribution is 2.28. The molecule has 0 bridgehead atoms. The molecule has 0 amide bonds. The van der Waals surface area contributed by atoms with Gasteiger partial charge < -0.3 is 5.32 Å². The number of nitrogens with zero attached hydrogens (tertiary/aromatic N) is 4. The maximum atomic E-state index is 12.3. The predicted molar refractivity (Wildman–Crippen MR) is 55.3 cm³/mol. The molecule has 8 heteroatoms. The van der Waals surface area contributed by atoms with E-state index < -0.39 is 18.6 Å². The van der Waals surface area contributed by atoms with Gasteiger partial charge in [-0.05, 0) is 30.8 Å². The molecule has 1 N–H and O–H groups in total. The summed E-state index contributed by atoms with van der Waals surface area (Å²) in [5.41, 5.74) is 0. The van der Waals surface area contributed by atoms with Crippen molar-refractivity contribution in [1.29, 1.82) is 0 Å². The molecule has 0 aliphatic rings. The first kappa shape index (κ1) is 13.9. The molecular weight excluding hydrogens is 235 g/mol. The zero-order chi connectivity index (χ0) is 13.1. The molecule has 98 valence electrons. The van der Waals surface area contributed by atoms with Crippen molar-refractivity contribution >= 4 is 0 Å². The second kappa shape index (κ2) is 5.44. The van der Waals surface area contributed by atoms with E-state index in [1.807, 2.05) is 13.8 Å². The van der Waals surface area contributed by atoms with E-state index in [-0.39, 0.29) is 6.04 Å². The van der Waals surface area contributed by atoms with E-state index >= 15 is 0 Å². The average Bonchev–Trinajstić information content (AvgIpc) is 2.63. The molecule has 5 nitrogen and oxygen atoms in total. The Balaban J connectivity index is 2.80. The van der Waals surface area contributed by atoms with Crippen LogP contribution in [-0.4, -0.2) is 32.9 Å². The SMILES string of the molecule is CCNC(C)c1nnnn1C(C)CC(F)(F)F. The number of hydrogen-bond acceptors (Lipinski definition) is 4. The highest BCUT2D eigenvalue weighted by Gasteiger charge is 2.32. The third-order valence-corrected chi connectivity index (χ3v) is 2.36. The second-order valence-corrected chi connectivity index (χ2v) is 3.93. The molecule has 0 saturated heterocycles. The largest absolute Gasteiger partial charge is 0.391 e. The van der Waals surface area contributed by atoms with Gasteiger partial charge in [0.05, 0.1) is 18.5 Å². The zero-order valence-electron chi connectivity index (χ0n) is 9.99. The Bertz CT molecular complexity index is 349. The van der Waals surface area contributed by atoms with Crippen LogP contribution in [0.2, 0.25) is 0 Å². The van der Waals surface area contributed by atoms with Gasteiger partial charge in [0.1, 0.15) is 0 Å². The molecule has 0 aromatic carbocycles. The molecule has 0 radical (unpaired) electrons. The van der Waals surface area contributed by atoms with Gasteiger partial charge in [-0.1, -0.05) is 6.92 Å².